The Morgan fingerprint density at radius 1 is 1.37 bits per heavy atom. The molecule has 2 N–H and O–H groups in total. The summed E-state index contributed by atoms with van der Waals surface area (Å²) >= 11 is 0. The molecule has 1 fully saturated rings. The van der Waals surface area contributed by atoms with E-state index in [4.69, 9.17) is 5.11 Å². The Balaban J connectivity index is 1.83. The van der Waals surface area contributed by atoms with E-state index in [1.54, 1.807) is 0 Å². The van der Waals surface area contributed by atoms with Crippen LogP contribution in [0, 0.1) is 6.92 Å². The van der Waals surface area contributed by atoms with Crippen LogP contribution < -0.4 is 10.3 Å². The molecule has 0 spiro atoms. The van der Waals surface area contributed by atoms with Gasteiger partial charge in [0, 0.05) is 39.4 Å². The monoisotopic (exact) mass is 264 g/mol. The van der Waals surface area contributed by atoms with Crippen LogP contribution in [0.2, 0.25) is 0 Å². The van der Waals surface area contributed by atoms with Crippen LogP contribution in [0.1, 0.15) is 5.56 Å². The van der Waals surface area contributed by atoms with Crippen molar-refractivity contribution in [3.05, 3.63) is 29.8 Å². The third-order valence-corrected chi connectivity index (χ3v) is 3.61. The minimum Gasteiger partial charge on any atom is -0.395 e. The van der Waals surface area contributed by atoms with Crippen LogP contribution in [0.3, 0.4) is 0 Å². The maximum Gasteiger partial charge on any atom is 0.0611 e. The number of rotatable bonds is 5. The first kappa shape index (κ1) is 14.3. The van der Waals surface area contributed by atoms with Crippen molar-refractivity contribution in [3.8, 4) is 0 Å². The number of hydrazine groups is 2. The number of likely N-dealkylation sites (N-methyl/N-ethyl adjacent to an activating group) is 1. The number of benzene rings is 1. The number of nitrogens with zero attached hydrogens (tertiary/aromatic N) is 3. The zero-order valence-electron chi connectivity index (χ0n) is 12.0. The van der Waals surface area contributed by atoms with Gasteiger partial charge >= 0.3 is 0 Å². The first-order chi connectivity index (χ1) is 9.10. The van der Waals surface area contributed by atoms with E-state index in [1.807, 2.05) is 12.2 Å². The summed E-state index contributed by atoms with van der Waals surface area (Å²) in [5, 5.41) is 13.3. The van der Waals surface area contributed by atoms with Crippen molar-refractivity contribution < 1.29 is 5.11 Å². The summed E-state index contributed by atoms with van der Waals surface area (Å²) in [4.78, 5) is 2.25. The molecule has 1 saturated heterocycles. The zero-order valence-corrected chi connectivity index (χ0v) is 12.0. The Morgan fingerprint density at radius 3 is 2.63 bits per heavy atom. The lowest BCUT2D eigenvalue weighted by molar-refractivity contribution is 0.0191. The second-order valence-electron chi connectivity index (χ2n) is 5.20. The van der Waals surface area contributed by atoms with Gasteiger partial charge in [-0.2, -0.15) is 5.12 Å². The lowest BCUT2D eigenvalue weighted by atomic mass is 10.2. The van der Waals surface area contributed by atoms with Gasteiger partial charge in [0.15, 0.2) is 0 Å². The molecule has 0 amide bonds. The van der Waals surface area contributed by atoms with Crippen molar-refractivity contribution in [1.29, 1.82) is 0 Å². The number of aliphatic hydroxyl groups excluding tert-OH is 1. The molecular formula is C14H24N4O. The van der Waals surface area contributed by atoms with E-state index in [0.29, 0.717) is 0 Å². The van der Waals surface area contributed by atoms with Crippen LogP contribution in [0.5, 0.6) is 0 Å². The van der Waals surface area contributed by atoms with Crippen LogP contribution in [0.25, 0.3) is 0 Å². The number of anilines is 1. The molecule has 1 heterocycles. The van der Waals surface area contributed by atoms with Crippen molar-refractivity contribution in [2.24, 2.45) is 0 Å². The molecule has 1 aromatic rings. The Morgan fingerprint density at radius 2 is 2.05 bits per heavy atom. The normalized spacial score (nSPS) is 20.9. The van der Waals surface area contributed by atoms with Gasteiger partial charge in [-0.15, -0.1) is 0 Å². The standard InChI is InChI=1S/C14H24N4O/c1-12-4-6-14(7-5-12)16(2)8-9-18-10-13(11-19)15-17(18)3/h4-7,13,15,19H,8-11H2,1-3H3. The summed E-state index contributed by atoms with van der Waals surface area (Å²) in [6.07, 6.45) is 0. The largest absolute Gasteiger partial charge is 0.395 e. The molecule has 0 radical (unpaired) electrons. The van der Waals surface area contributed by atoms with E-state index in [1.165, 1.54) is 11.3 Å². The Hall–Kier alpha value is -1.14. The van der Waals surface area contributed by atoms with Gasteiger partial charge in [0.1, 0.15) is 0 Å². The Labute approximate surface area is 115 Å². The van der Waals surface area contributed by atoms with Crippen molar-refractivity contribution >= 4 is 5.69 Å². The quantitative estimate of drug-likeness (QED) is 0.809. The lowest BCUT2D eigenvalue weighted by Crippen LogP contribution is -2.42. The van der Waals surface area contributed by atoms with E-state index >= 15 is 0 Å². The van der Waals surface area contributed by atoms with Crippen LogP contribution in [-0.2, 0) is 0 Å². The SMILES string of the molecule is Cc1ccc(N(C)CCN2CC(CO)NN2C)cc1. The molecule has 0 saturated carbocycles. The summed E-state index contributed by atoms with van der Waals surface area (Å²) in [5.41, 5.74) is 5.73. The average molecular weight is 264 g/mol. The molecule has 1 atom stereocenters. The highest BCUT2D eigenvalue weighted by atomic mass is 16.3. The second-order valence-corrected chi connectivity index (χ2v) is 5.20. The predicted molar refractivity (Wildman–Crippen MR) is 77.8 cm³/mol. The Bertz CT molecular complexity index is 395. The van der Waals surface area contributed by atoms with Gasteiger partial charge in [-0.25, -0.2) is 10.4 Å². The maximum absolute atomic E-state index is 9.16. The number of hydrogen-bond donors (Lipinski definition) is 2. The molecule has 5 nitrogen and oxygen atoms in total. The summed E-state index contributed by atoms with van der Waals surface area (Å²) in [6, 6.07) is 8.72. The maximum atomic E-state index is 9.16. The molecule has 1 aromatic carbocycles. The first-order valence-electron chi connectivity index (χ1n) is 6.73. The third kappa shape index (κ3) is 3.67. The van der Waals surface area contributed by atoms with Crippen molar-refractivity contribution in [3.63, 3.8) is 0 Å². The summed E-state index contributed by atoms with van der Waals surface area (Å²) in [5.74, 6) is 0. The first-order valence-corrected chi connectivity index (χ1v) is 6.73. The van der Waals surface area contributed by atoms with Gasteiger partial charge in [0.05, 0.1) is 12.6 Å². The zero-order chi connectivity index (χ0) is 13.8. The minimum atomic E-state index is 0.148. The van der Waals surface area contributed by atoms with Gasteiger partial charge in [-0.05, 0) is 19.1 Å². The Kier molecular flexibility index (Phi) is 4.76. The molecule has 19 heavy (non-hydrogen) atoms. The van der Waals surface area contributed by atoms with Crippen LogP contribution in [-0.4, -0.2) is 61.6 Å². The molecule has 0 aromatic heterocycles. The van der Waals surface area contributed by atoms with Crippen LogP contribution in [0.4, 0.5) is 5.69 Å². The van der Waals surface area contributed by atoms with Crippen LogP contribution >= 0.6 is 0 Å². The highest BCUT2D eigenvalue weighted by Crippen LogP contribution is 2.13. The fourth-order valence-electron chi connectivity index (χ4n) is 2.30. The summed E-state index contributed by atoms with van der Waals surface area (Å²) < 4.78 is 0. The molecule has 5 heteroatoms. The molecule has 106 valence electrons. The van der Waals surface area contributed by atoms with Gasteiger partial charge in [-0.3, -0.25) is 0 Å². The fourth-order valence-corrected chi connectivity index (χ4v) is 2.30. The van der Waals surface area contributed by atoms with Gasteiger partial charge in [0.2, 0.25) is 0 Å². The van der Waals surface area contributed by atoms with Crippen molar-refractivity contribution in [1.82, 2.24) is 15.6 Å². The summed E-state index contributed by atoms with van der Waals surface area (Å²) in [6.45, 7) is 5.02. The molecule has 1 aliphatic heterocycles. The molecular weight excluding hydrogens is 240 g/mol. The second kappa shape index (κ2) is 6.34. The van der Waals surface area contributed by atoms with Crippen molar-refractivity contribution in [2.45, 2.75) is 13.0 Å². The minimum absolute atomic E-state index is 0.148. The van der Waals surface area contributed by atoms with Gasteiger partial charge in [-0.1, -0.05) is 17.7 Å². The number of aliphatic hydroxyl groups is 1. The molecule has 0 aliphatic carbocycles. The van der Waals surface area contributed by atoms with E-state index in [-0.39, 0.29) is 12.6 Å². The molecule has 2 rings (SSSR count). The average Bonchev–Trinajstić information content (AvgIpc) is 2.77. The molecule has 1 unspecified atom stereocenters. The number of nitrogens with one attached hydrogen (secondary N) is 1. The van der Waals surface area contributed by atoms with Crippen LogP contribution in [0.15, 0.2) is 24.3 Å². The number of hydrogen-bond acceptors (Lipinski definition) is 5. The fraction of sp³-hybridized carbons (Fsp3) is 0.571. The highest BCUT2D eigenvalue weighted by Gasteiger charge is 2.25. The third-order valence-electron chi connectivity index (χ3n) is 3.61. The van der Waals surface area contributed by atoms with E-state index in [9.17, 15) is 0 Å². The predicted octanol–water partition coefficient (Wildman–Crippen LogP) is 0.459. The molecule has 1 aliphatic rings. The number of aryl methyl sites for hydroxylation is 1. The summed E-state index contributed by atoms with van der Waals surface area (Å²) in [7, 11) is 4.10. The van der Waals surface area contributed by atoms with E-state index in [2.05, 4.69) is 53.6 Å². The lowest BCUT2D eigenvalue weighted by Gasteiger charge is -2.26. The van der Waals surface area contributed by atoms with Crippen molar-refractivity contribution in [2.75, 3.05) is 45.2 Å². The topological polar surface area (TPSA) is 42.0 Å². The van der Waals surface area contributed by atoms with Gasteiger partial charge < -0.3 is 10.0 Å². The highest BCUT2D eigenvalue weighted by molar-refractivity contribution is 5.46. The smallest absolute Gasteiger partial charge is 0.0611 e. The van der Waals surface area contributed by atoms with E-state index < -0.39 is 0 Å². The molecule has 0 bridgehead atoms. The van der Waals surface area contributed by atoms with E-state index in [0.717, 1.165) is 19.6 Å². The van der Waals surface area contributed by atoms with Gasteiger partial charge in [0.25, 0.3) is 0 Å².